The Hall–Kier alpha value is 0.270. The molecule has 2 nitrogen and oxygen atoms in total. The number of nitrogens with one attached hydrogen (secondary N) is 1. The lowest BCUT2D eigenvalue weighted by Gasteiger charge is -2.47. The van der Waals surface area contributed by atoms with Gasteiger partial charge in [0.1, 0.15) is 0 Å². The third-order valence-electron chi connectivity index (χ3n) is 4.22. The Kier molecular flexibility index (Phi) is 2.50. The van der Waals surface area contributed by atoms with Crippen LogP contribution in [0.3, 0.4) is 0 Å². The first-order valence-corrected chi connectivity index (χ1v) is 6.95. The highest BCUT2D eigenvalue weighted by Crippen LogP contribution is 2.47. The lowest BCUT2D eigenvalue weighted by molar-refractivity contribution is 0.00148. The molecule has 0 aliphatic carbocycles. The third kappa shape index (κ3) is 1.41. The van der Waals surface area contributed by atoms with Gasteiger partial charge in [-0.1, -0.05) is 0 Å². The van der Waals surface area contributed by atoms with E-state index >= 15 is 0 Å². The van der Waals surface area contributed by atoms with Crippen LogP contribution in [0.5, 0.6) is 0 Å². The van der Waals surface area contributed by atoms with Gasteiger partial charge < -0.3 is 10.1 Å². The highest BCUT2D eigenvalue weighted by molar-refractivity contribution is 7.99. The zero-order valence-corrected chi connectivity index (χ0v) is 9.44. The predicted octanol–water partition coefficient (Wildman–Crippen LogP) is 1.51. The van der Waals surface area contributed by atoms with Crippen LogP contribution in [-0.4, -0.2) is 37.3 Å². The summed E-state index contributed by atoms with van der Waals surface area (Å²) in [6, 6.07) is 0.813. The fourth-order valence-corrected chi connectivity index (χ4v) is 5.04. The van der Waals surface area contributed by atoms with Crippen LogP contribution in [-0.2, 0) is 4.74 Å². The Bertz CT molecular complexity index is 210. The van der Waals surface area contributed by atoms with Crippen molar-refractivity contribution in [1.82, 2.24) is 5.32 Å². The molecule has 0 aromatic carbocycles. The lowest BCUT2D eigenvalue weighted by Crippen LogP contribution is -2.52. The van der Waals surface area contributed by atoms with E-state index in [1.165, 1.54) is 37.3 Å². The molecule has 0 saturated carbocycles. The van der Waals surface area contributed by atoms with Crippen molar-refractivity contribution in [3.8, 4) is 0 Å². The smallest absolute Gasteiger partial charge is 0.0472 e. The van der Waals surface area contributed by atoms with Crippen LogP contribution in [0.2, 0.25) is 0 Å². The summed E-state index contributed by atoms with van der Waals surface area (Å²) in [5, 5.41) is 3.75. The second-order valence-corrected chi connectivity index (χ2v) is 6.00. The van der Waals surface area contributed by atoms with Crippen molar-refractivity contribution in [2.45, 2.75) is 25.3 Å². The van der Waals surface area contributed by atoms with Gasteiger partial charge in [-0.15, -0.1) is 0 Å². The number of thioether (sulfide) groups is 1. The summed E-state index contributed by atoms with van der Waals surface area (Å²) in [4.78, 5) is 0. The van der Waals surface area contributed by atoms with Crippen molar-refractivity contribution in [3.05, 3.63) is 0 Å². The Balaban J connectivity index is 1.81. The van der Waals surface area contributed by atoms with Crippen LogP contribution in [0.1, 0.15) is 19.3 Å². The Morgan fingerprint density at radius 1 is 1.29 bits per heavy atom. The summed E-state index contributed by atoms with van der Waals surface area (Å²) in [6.07, 6.45) is 3.97. The van der Waals surface area contributed by atoms with Gasteiger partial charge >= 0.3 is 0 Å². The van der Waals surface area contributed by atoms with Gasteiger partial charge in [0, 0.05) is 25.0 Å². The minimum atomic E-state index is 0.586. The Labute approximate surface area is 90.2 Å². The maximum atomic E-state index is 5.51. The summed E-state index contributed by atoms with van der Waals surface area (Å²) < 4.78 is 5.51. The molecule has 3 aliphatic rings. The highest BCUT2D eigenvalue weighted by Gasteiger charge is 2.48. The molecule has 1 N–H and O–H groups in total. The van der Waals surface area contributed by atoms with Crippen molar-refractivity contribution in [1.29, 1.82) is 0 Å². The molecule has 0 bridgehead atoms. The average molecular weight is 213 g/mol. The first-order chi connectivity index (χ1) is 6.91. The first kappa shape index (κ1) is 9.49. The molecule has 3 fully saturated rings. The van der Waals surface area contributed by atoms with Crippen LogP contribution in [0, 0.1) is 11.3 Å². The van der Waals surface area contributed by atoms with E-state index in [1.54, 1.807) is 0 Å². The van der Waals surface area contributed by atoms with E-state index < -0.39 is 0 Å². The number of ether oxygens (including phenoxy) is 1. The molecule has 3 aliphatic heterocycles. The van der Waals surface area contributed by atoms with Crippen LogP contribution in [0.25, 0.3) is 0 Å². The van der Waals surface area contributed by atoms with E-state index in [2.05, 4.69) is 17.1 Å². The topological polar surface area (TPSA) is 21.3 Å². The molecule has 2 atom stereocenters. The zero-order chi connectivity index (χ0) is 9.43. The van der Waals surface area contributed by atoms with Gasteiger partial charge in [-0.2, -0.15) is 11.8 Å². The van der Waals surface area contributed by atoms with E-state index in [1.807, 2.05) is 0 Å². The van der Waals surface area contributed by atoms with Gasteiger partial charge in [0.05, 0.1) is 0 Å². The summed E-state index contributed by atoms with van der Waals surface area (Å²) >= 11 is 2.18. The molecule has 80 valence electrons. The van der Waals surface area contributed by atoms with Crippen molar-refractivity contribution in [2.75, 3.05) is 31.3 Å². The molecule has 0 radical (unpaired) electrons. The molecule has 3 heterocycles. The third-order valence-corrected chi connectivity index (χ3v) is 5.66. The van der Waals surface area contributed by atoms with E-state index in [0.717, 1.165) is 25.2 Å². The molecular formula is C11H19NOS. The standard InChI is InChI=1S/C11H19NOS/c1-4-12-10-9(1)7-14-8-11(10)2-5-13-6-3-11/h9-10,12H,1-8H2. The largest absolute Gasteiger partial charge is 0.381 e. The number of rotatable bonds is 0. The van der Waals surface area contributed by atoms with Gasteiger partial charge in [-0.25, -0.2) is 0 Å². The molecule has 3 heteroatoms. The fraction of sp³-hybridized carbons (Fsp3) is 1.00. The molecule has 14 heavy (non-hydrogen) atoms. The van der Waals surface area contributed by atoms with E-state index in [9.17, 15) is 0 Å². The predicted molar refractivity (Wildman–Crippen MR) is 59.7 cm³/mol. The second-order valence-electron chi connectivity index (χ2n) is 4.97. The minimum absolute atomic E-state index is 0.586. The lowest BCUT2D eigenvalue weighted by atomic mass is 9.71. The summed E-state index contributed by atoms with van der Waals surface area (Å²) in [5.74, 6) is 3.71. The van der Waals surface area contributed by atoms with Gasteiger partial charge in [-0.3, -0.25) is 0 Å². The van der Waals surface area contributed by atoms with E-state index in [0.29, 0.717) is 5.41 Å². The molecule has 2 unspecified atom stereocenters. The maximum Gasteiger partial charge on any atom is 0.0472 e. The minimum Gasteiger partial charge on any atom is -0.381 e. The van der Waals surface area contributed by atoms with Crippen LogP contribution in [0.4, 0.5) is 0 Å². The molecule has 1 spiro atoms. The van der Waals surface area contributed by atoms with Crippen molar-refractivity contribution >= 4 is 11.8 Å². The molecular weight excluding hydrogens is 194 g/mol. The SMILES string of the molecule is C1CC2CSCC3(CCOCC3)C2N1. The summed E-state index contributed by atoms with van der Waals surface area (Å²) in [6.45, 7) is 3.23. The van der Waals surface area contributed by atoms with Gasteiger partial charge in [0.2, 0.25) is 0 Å². The van der Waals surface area contributed by atoms with Crippen molar-refractivity contribution < 1.29 is 4.74 Å². The maximum absolute atomic E-state index is 5.51. The van der Waals surface area contributed by atoms with E-state index in [4.69, 9.17) is 4.74 Å². The molecule has 0 aromatic heterocycles. The number of fused-ring (bicyclic) bond motifs is 2. The van der Waals surface area contributed by atoms with Gasteiger partial charge in [0.25, 0.3) is 0 Å². The average Bonchev–Trinajstić information content (AvgIpc) is 2.69. The van der Waals surface area contributed by atoms with Gasteiger partial charge in [-0.05, 0) is 42.9 Å². The second kappa shape index (κ2) is 3.69. The summed E-state index contributed by atoms with van der Waals surface area (Å²) in [7, 11) is 0. The molecule has 0 aromatic rings. The molecule has 0 amide bonds. The summed E-state index contributed by atoms with van der Waals surface area (Å²) in [5.41, 5.74) is 0.586. The highest BCUT2D eigenvalue weighted by atomic mass is 32.2. The zero-order valence-electron chi connectivity index (χ0n) is 8.63. The number of hydrogen-bond donors (Lipinski definition) is 1. The van der Waals surface area contributed by atoms with Crippen LogP contribution < -0.4 is 5.32 Å². The van der Waals surface area contributed by atoms with Crippen molar-refractivity contribution in [3.63, 3.8) is 0 Å². The monoisotopic (exact) mass is 213 g/mol. The normalized spacial score (nSPS) is 41.1. The quantitative estimate of drug-likeness (QED) is 0.659. The number of hydrogen-bond acceptors (Lipinski definition) is 3. The van der Waals surface area contributed by atoms with Crippen LogP contribution in [0.15, 0.2) is 0 Å². The fourth-order valence-electron chi connectivity index (χ4n) is 3.39. The van der Waals surface area contributed by atoms with E-state index in [-0.39, 0.29) is 0 Å². The Morgan fingerprint density at radius 2 is 2.14 bits per heavy atom. The van der Waals surface area contributed by atoms with Crippen LogP contribution >= 0.6 is 11.8 Å². The first-order valence-electron chi connectivity index (χ1n) is 5.80. The Morgan fingerprint density at radius 3 is 3.00 bits per heavy atom. The van der Waals surface area contributed by atoms with Crippen molar-refractivity contribution in [2.24, 2.45) is 11.3 Å². The molecule has 3 saturated heterocycles. The molecule has 3 rings (SSSR count). The van der Waals surface area contributed by atoms with Gasteiger partial charge in [0.15, 0.2) is 0 Å².